The largest absolute Gasteiger partial charge is 0.350 e. The van der Waals surface area contributed by atoms with Crippen molar-refractivity contribution in [2.75, 3.05) is 17.1 Å². The number of nitrogens with zero attached hydrogens (tertiary/aromatic N) is 2. The first-order valence-corrected chi connectivity index (χ1v) is 13.5. The van der Waals surface area contributed by atoms with Gasteiger partial charge in [0.25, 0.3) is 0 Å². The molecule has 1 atom stereocenters. The van der Waals surface area contributed by atoms with Crippen LogP contribution in [-0.2, 0) is 26.2 Å². The number of hydrogen-bond donors (Lipinski definition) is 1. The van der Waals surface area contributed by atoms with Crippen LogP contribution in [-0.4, -0.2) is 49.5 Å². The average Bonchev–Trinajstić information content (AvgIpc) is 2.69. The molecule has 0 bridgehead atoms. The van der Waals surface area contributed by atoms with Gasteiger partial charge in [-0.3, -0.25) is 13.9 Å². The fourth-order valence-electron chi connectivity index (χ4n) is 3.17. The summed E-state index contributed by atoms with van der Waals surface area (Å²) in [6, 6.07) is 13.8. The number of carbonyl (C=O) groups excluding carboxylic acids is 2. The lowest BCUT2D eigenvalue weighted by Gasteiger charge is -2.33. The zero-order valence-electron chi connectivity index (χ0n) is 19.9. The Labute approximate surface area is 210 Å². The SMILES string of the molecule is Cc1ccc(CN(C(=O)CN(c2ccc(I)cc2)S(C)(=O)=O)[C@@H](C)C(=O)NC(C)(C)C)cc1. The summed E-state index contributed by atoms with van der Waals surface area (Å²) in [5.41, 5.74) is 1.86. The maximum Gasteiger partial charge on any atom is 0.244 e. The van der Waals surface area contributed by atoms with Crippen molar-refractivity contribution in [2.24, 2.45) is 0 Å². The van der Waals surface area contributed by atoms with Gasteiger partial charge >= 0.3 is 0 Å². The summed E-state index contributed by atoms with van der Waals surface area (Å²) in [6.07, 6.45) is 1.07. The van der Waals surface area contributed by atoms with E-state index in [1.807, 2.05) is 52.0 Å². The van der Waals surface area contributed by atoms with Crippen molar-refractivity contribution in [1.29, 1.82) is 0 Å². The number of carbonyl (C=O) groups is 2. The molecule has 0 saturated heterocycles. The summed E-state index contributed by atoms with van der Waals surface area (Å²) < 4.78 is 27.1. The van der Waals surface area contributed by atoms with Crippen molar-refractivity contribution in [3.05, 3.63) is 63.2 Å². The number of benzene rings is 2. The fraction of sp³-hybridized carbons (Fsp3) is 0.417. The fourth-order valence-corrected chi connectivity index (χ4v) is 4.38. The van der Waals surface area contributed by atoms with Crippen LogP contribution >= 0.6 is 22.6 Å². The predicted octanol–water partition coefficient (Wildman–Crippen LogP) is 3.70. The predicted molar refractivity (Wildman–Crippen MR) is 140 cm³/mol. The molecule has 2 aromatic carbocycles. The maximum absolute atomic E-state index is 13.5. The molecule has 0 radical (unpaired) electrons. The third-order valence-corrected chi connectivity index (χ3v) is 6.79. The molecule has 2 rings (SSSR count). The summed E-state index contributed by atoms with van der Waals surface area (Å²) in [7, 11) is -3.73. The van der Waals surface area contributed by atoms with Crippen LogP contribution in [0.1, 0.15) is 38.8 Å². The highest BCUT2D eigenvalue weighted by Crippen LogP contribution is 2.20. The first kappa shape index (κ1) is 27.1. The molecule has 0 aliphatic heterocycles. The molecule has 0 fully saturated rings. The van der Waals surface area contributed by atoms with Gasteiger partial charge in [0.1, 0.15) is 12.6 Å². The number of rotatable bonds is 8. The summed E-state index contributed by atoms with van der Waals surface area (Å²) >= 11 is 2.13. The normalized spacial score (nSPS) is 12.7. The van der Waals surface area contributed by atoms with Crippen LogP contribution < -0.4 is 9.62 Å². The van der Waals surface area contributed by atoms with Gasteiger partial charge < -0.3 is 10.2 Å². The van der Waals surface area contributed by atoms with Crippen molar-refractivity contribution < 1.29 is 18.0 Å². The first-order chi connectivity index (χ1) is 15.2. The van der Waals surface area contributed by atoms with E-state index < -0.39 is 34.1 Å². The average molecular weight is 586 g/mol. The Morgan fingerprint density at radius 1 is 1.03 bits per heavy atom. The van der Waals surface area contributed by atoms with E-state index in [0.717, 1.165) is 25.3 Å². The van der Waals surface area contributed by atoms with E-state index in [9.17, 15) is 18.0 Å². The molecule has 33 heavy (non-hydrogen) atoms. The van der Waals surface area contributed by atoms with Crippen molar-refractivity contribution in [2.45, 2.75) is 52.7 Å². The minimum absolute atomic E-state index is 0.183. The van der Waals surface area contributed by atoms with E-state index in [4.69, 9.17) is 0 Å². The lowest BCUT2D eigenvalue weighted by Crippen LogP contribution is -2.54. The molecule has 1 N–H and O–H groups in total. The van der Waals surface area contributed by atoms with Crippen LogP contribution in [0.2, 0.25) is 0 Å². The number of amides is 2. The minimum atomic E-state index is -3.73. The van der Waals surface area contributed by atoms with Gasteiger partial charge in [-0.2, -0.15) is 0 Å². The Balaban J connectivity index is 2.38. The number of anilines is 1. The summed E-state index contributed by atoms with van der Waals surface area (Å²) in [5.74, 6) is -0.765. The summed E-state index contributed by atoms with van der Waals surface area (Å²) in [5, 5.41) is 2.91. The molecule has 180 valence electrons. The molecule has 0 heterocycles. The zero-order chi connectivity index (χ0) is 25.0. The molecule has 9 heteroatoms. The second kappa shape index (κ2) is 10.9. The number of sulfonamides is 1. The van der Waals surface area contributed by atoms with E-state index >= 15 is 0 Å². The molecule has 0 aliphatic rings. The Bertz CT molecular complexity index is 1080. The molecule has 0 spiro atoms. The van der Waals surface area contributed by atoms with E-state index in [0.29, 0.717) is 5.69 Å². The molecular weight excluding hydrogens is 553 g/mol. The summed E-state index contributed by atoms with van der Waals surface area (Å²) in [6.45, 7) is 9.00. The number of hydrogen-bond acceptors (Lipinski definition) is 4. The van der Waals surface area contributed by atoms with Crippen LogP contribution in [0.25, 0.3) is 0 Å². The Morgan fingerprint density at radius 2 is 1.58 bits per heavy atom. The monoisotopic (exact) mass is 585 g/mol. The third-order valence-electron chi connectivity index (χ3n) is 4.93. The van der Waals surface area contributed by atoms with Crippen molar-refractivity contribution in [3.63, 3.8) is 0 Å². The maximum atomic E-state index is 13.5. The number of aryl methyl sites for hydroxylation is 1. The van der Waals surface area contributed by atoms with Crippen LogP contribution in [0, 0.1) is 10.5 Å². The van der Waals surface area contributed by atoms with Gasteiger partial charge in [0.15, 0.2) is 0 Å². The van der Waals surface area contributed by atoms with Crippen LogP contribution in [0.3, 0.4) is 0 Å². The highest BCUT2D eigenvalue weighted by Gasteiger charge is 2.31. The quantitative estimate of drug-likeness (QED) is 0.479. The molecule has 0 aliphatic carbocycles. The third kappa shape index (κ3) is 8.29. The van der Waals surface area contributed by atoms with Gasteiger partial charge in [-0.1, -0.05) is 29.8 Å². The van der Waals surface area contributed by atoms with Gasteiger partial charge in [-0.25, -0.2) is 8.42 Å². The smallest absolute Gasteiger partial charge is 0.244 e. The van der Waals surface area contributed by atoms with Crippen molar-refractivity contribution in [3.8, 4) is 0 Å². The van der Waals surface area contributed by atoms with Crippen LogP contribution in [0.5, 0.6) is 0 Å². The standard InChI is InChI=1S/C24H32IN3O4S/c1-17-7-9-19(10-8-17)15-27(18(2)23(30)26-24(3,4)5)22(29)16-28(33(6,31)32)21-13-11-20(25)12-14-21/h7-14,18H,15-16H2,1-6H3,(H,26,30)/t18-/m0/s1. The molecule has 0 aromatic heterocycles. The van der Waals surface area contributed by atoms with Gasteiger partial charge in [0, 0.05) is 15.7 Å². The van der Waals surface area contributed by atoms with E-state index in [1.54, 1.807) is 31.2 Å². The molecular formula is C24H32IN3O4S. The minimum Gasteiger partial charge on any atom is -0.350 e. The molecule has 0 saturated carbocycles. The van der Waals surface area contributed by atoms with E-state index in [2.05, 4.69) is 27.9 Å². The van der Waals surface area contributed by atoms with Crippen molar-refractivity contribution >= 4 is 50.1 Å². The van der Waals surface area contributed by atoms with Gasteiger partial charge in [0.05, 0.1) is 11.9 Å². The van der Waals surface area contributed by atoms with Crippen LogP contribution in [0.4, 0.5) is 5.69 Å². The number of halogens is 1. The highest BCUT2D eigenvalue weighted by molar-refractivity contribution is 14.1. The van der Waals surface area contributed by atoms with Crippen LogP contribution in [0.15, 0.2) is 48.5 Å². The second-order valence-electron chi connectivity index (χ2n) is 9.17. The Morgan fingerprint density at radius 3 is 2.06 bits per heavy atom. The summed E-state index contributed by atoms with van der Waals surface area (Å²) in [4.78, 5) is 27.8. The lowest BCUT2D eigenvalue weighted by atomic mass is 10.1. The molecule has 2 amide bonds. The van der Waals surface area contributed by atoms with Crippen molar-refractivity contribution in [1.82, 2.24) is 10.2 Å². The lowest BCUT2D eigenvalue weighted by molar-refractivity contribution is -0.140. The molecule has 0 unspecified atom stereocenters. The van der Waals surface area contributed by atoms with E-state index in [1.165, 1.54) is 4.90 Å². The van der Waals surface area contributed by atoms with Gasteiger partial charge in [0.2, 0.25) is 21.8 Å². The Kier molecular flexibility index (Phi) is 8.92. The molecule has 7 nitrogen and oxygen atoms in total. The number of nitrogens with one attached hydrogen (secondary N) is 1. The van der Waals surface area contributed by atoms with Gasteiger partial charge in [-0.15, -0.1) is 0 Å². The highest BCUT2D eigenvalue weighted by atomic mass is 127. The second-order valence-corrected chi connectivity index (χ2v) is 12.3. The molecule has 2 aromatic rings. The van der Waals surface area contributed by atoms with E-state index in [-0.39, 0.29) is 12.5 Å². The zero-order valence-corrected chi connectivity index (χ0v) is 22.9. The first-order valence-electron chi connectivity index (χ1n) is 10.6. The Hall–Kier alpha value is -2.14. The van der Waals surface area contributed by atoms with Gasteiger partial charge in [-0.05, 0) is 87.0 Å². The topological polar surface area (TPSA) is 86.8 Å².